The first-order valence-corrected chi connectivity index (χ1v) is 9.43. The molecule has 1 fully saturated rings. The van der Waals surface area contributed by atoms with Gasteiger partial charge in [-0.25, -0.2) is 13.6 Å². The molecule has 2 atom stereocenters. The van der Waals surface area contributed by atoms with E-state index in [1.807, 2.05) is 6.07 Å². The highest BCUT2D eigenvalue weighted by molar-refractivity contribution is 7.89. The summed E-state index contributed by atoms with van der Waals surface area (Å²) in [6.07, 6.45) is 3.68. The van der Waals surface area contributed by atoms with E-state index in [1.165, 1.54) is 0 Å². The van der Waals surface area contributed by atoms with Gasteiger partial charge in [0.15, 0.2) is 0 Å². The van der Waals surface area contributed by atoms with E-state index in [2.05, 4.69) is 24.8 Å². The molecule has 0 aliphatic carbocycles. The third-order valence-corrected chi connectivity index (χ3v) is 5.07. The van der Waals surface area contributed by atoms with Crippen LogP contribution in [0.4, 0.5) is 0 Å². The summed E-state index contributed by atoms with van der Waals surface area (Å²) in [5, 5.41) is 5.08. The van der Waals surface area contributed by atoms with Crippen molar-refractivity contribution in [2.75, 3.05) is 18.8 Å². The number of nitrogens with zero attached hydrogens (tertiary/aromatic N) is 1. The number of hydrogen-bond acceptors (Lipinski definition) is 4. The van der Waals surface area contributed by atoms with Crippen LogP contribution in [-0.2, 0) is 16.4 Å². The minimum absolute atomic E-state index is 0.0458. The number of aryl methyl sites for hydroxylation is 1. The Labute approximate surface area is 127 Å². The lowest BCUT2D eigenvalue weighted by molar-refractivity contribution is 0.101. The van der Waals surface area contributed by atoms with Crippen molar-refractivity contribution in [1.29, 1.82) is 0 Å². The van der Waals surface area contributed by atoms with Crippen molar-refractivity contribution in [3.63, 3.8) is 0 Å². The van der Waals surface area contributed by atoms with Crippen molar-refractivity contribution in [3.05, 3.63) is 23.7 Å². The van der Waals surface area contributed by atoms with Gasteiger partial charge in [0.1, 0.15) is 11.5 Å². The van der Waals surface area contributed by atoms with Crippen LogP contribution in [0, 0.1) is 5.92 Å². The van der Waals surface area contributed by atoms with Gasteiger partial charge in [-0.2, -0.15) is 0 Å². The van der Waals surface area contributed by atoms with Crippen molar-refractivity contribution in [1.82, 2.24) is 4.90 Å². The van der Waals surface area contributed by atoms with Gasteiger partial charge in [-0.3, -0.25) is 4.90 Å². The summed E-state index contributed by atoms with van der Waals surface area (Å²) in [7, 11) is -3.37. The molecule has 2 rings (SSSR count). The summed E-state index contributed by atoms with van der Waals surface area (Å²) >= 11 is 0. The van der Waals surface area contributed by atoms with Crippen LogP contribution >= 0.6 is 0 Å². The number of sulfonamides is 1. The van der Waals surface area contributed by atoms with Crippen molar-refractivity contribution in [2.45, 2.75) is 45.6 Å². The zero-order valence-corrected chi connectivity index (χ0v) is 13.7. The van der Waals surface area contributed by atoms with Gasteiger partial charge >= 0.3 is 0 Å². The highest BCUT2D eigenvalue weighted by atomic mass is 32.2. The molecule has 0 bridgehead atoms. The molecule has 1 aromatic heterocycles. The number of hydrogen-bond donors (Lipinski definition) is 1. The van der Waals surface area contributed by atoms with Gasteiger partial charge in [-0.05, 0) is 50.4 Å². The van der Waals surface area contributed by atoms with E-state index in [0.717, 1.165) is 43.9 Å². The van der Waals surface area contributed by atoms with Crippen LogP contribution in [0.15, 0.2) is 16.5 Å². The molecule has 0 aromatic carbocycles. The van der Waals surface area contributed by atoms with Crippen LogP contribution < -0.4 is 5.14 Å². The molecule has 2 N–H and O–H groups in total. The fraction of sp³-hybridized carbons (Fsp3) is 0.733. The molecule has 2 heterocycles. The summed E-state index contributed by atoms with van der Waals surface area (Å²) in [5.41, 5.74) is 0. The first-order chi connectivity index (χ1) is 9.89. The Morgan fingerprint density at radius 2 is 2.19 bits per heavy atom. The van der Waals surface area contributed by atoms with Crippen LogP contribution in [-0.4, -0.2) is 32.2 Å². The topological polar surface area (TPSA) is 76.5 Å². The normalized spacial score (nSPS) is 24.3. The number of nitrogens with two attached hydrogens (primary N) is 1. The largest absolute Gasteiger partial charge is 0.464 e. The molecule has 1 aliphatic rings. The number of rotatable bonds is 6. The van der Waals surface area contributed by atoms with Crippen LogP contribution in [0.2, 0.25) is 0 Å². The summed E-state index contributed by atoms with van der Waals surface area (Å²) in [6, 6.07) is 4.36. The van der Waals surface area contributed by atoms with Gasteiger partial charge in [0.2, 0.25) is 10.0 Å². The summed E-state index contributed by atoms with van der Waals surface area (Å²) in [5.74, 6) is 2.73. The maximum absolute atomic E-state index is 11.1. The molecule has 1 aliphatic heterocycles. The van der Waals surface area contributed by atoms with Gasteiger partial charge in [0.25, 0.3) is 0 Å². The summed E-state index contributed by atoms with van der Waals surface area (Å²) in [4.78, 5) is 2.34. The van der Waals surface area contributed by atoms with Crippen molar-refractivity contribution in [2.24, 2.45) is 11.1 Å². The molecule has 0 amide bonds. The second kappa shape index (κ2) is 6.94. The lowest BCUT2D eigenvalue weighted by atomic mass is 9.91. The highest BCUT2D eigenvalue weighted by Crippen LogP contribution is 2.34. The molecule has 1 saturated heterocycles. The smallest absolute Gasteiger partial charge is 0.209 e. The van der Waals surface area contributed by atoms with E-state index in [4.69, 9.17) is 9.56 Å². The minimum Gasteiger partial charge on any atom is -0.464 e. The SMILES string of the molecule is CCc1ccc([C@@H]2C[C@H](C)CCN2CCCS(N)(=O)=O)o1. The second-order valence-electron chi connectivity index (χ2n) is 6.06. The molecule has 0 spiro atoms. The number of furan rings is 1. The Bertz CT molecular complexity index is 553. The van der Waals surface area contributed by atoms with Gasteiger partial charge in [-0.15, -0.1) is 0 Å². The quantitative estimate of drug-likeness (QED) is 0.874. The Balaban J connectivity index is 2.02. The fourth-order valence-corrected chi connectivity index (χ4v) is 3.52. The Morgan fingerprint density at radius 1 is 1.43 bits per heavy atom. The van der Waals surface area contributed by atoms with Crippen LogP contribution in [0.1, 0.15) is 50.7 Å². The minimum atomic E-state index is -3.37. The van der Waals surface area contributed by atoms with Crippen molar-refractivity contribution < 1.29 is 12.8 Å². The number of likely N-dealkylation sites (tertiary alicyclic amines) is 1. The van der Waals surface area contributed by atoms with E-state index in [1.54, 1.807) is 0 Å². The summed E-state index contributed by atoms with van der Waals surface area (Å²) < 4.78 is 28.0. The average Bonchev–Trinajstić information content (AvgIpc) is 2.87. The molecule has 6 heteroatoms. The third-order valence-electron chi connectivity index (χ3n) is 4.21. The molecule has 120 valence electrons. The molecule has 21 heavy (non-hydrogen) atoms. The van der Waals surface area contributed by atoms with Crippen molar-refractivity contribution >= 4 is 10.0 Å². The Kier molecular flexibility index (Phi) is 5.46. The number of primary sulfonamides is 1. The second-order valence-corrected chi connectivity index (χ2v) is 7.79. The van der Waals surface area contributed by atoms with E-state index >= 15 is 0 Å². The Morgan fingerprint density at radius 3 is 2.81 bits per heavy atom. The van der Waals surface area contributed by atoms with E-state index in [9.17, 15) is 8.42 Å². The predicted molar refractivity (Wildman–Crippen MR) is 83.4 cm³/mol. The van der Waals surface area contributed by atoms with Gasteiger partial charge in [0, 0.05) is 6.42 Å². The molecule has 0 radical (unpaired) electrons. The van der Waals surface area contributed by atoms with Crippen LogP contribution in [0.3, 0.4) is 0 Å². The van der Waals surface area contributed by atoms with E-state index in [-0.39, 0.29) is 11.8 Å². The third kappa shape index (κ3) is 4.83. The number of piperidine rings is 1. The van der Waals surface area contributed by atoms with Gasteiger partial charge < -0.3 is 4.42 Å². The molecule has 0 unspecified atom stereocenters. The average molecular weight is 314 g/mol. The Hall–Kier alpha value is -0.850. The van der Waals surface area contributed by atoms with Gasteiger partial charge in [-0.1, -0.05) is 13.8 Å². The molecular formula is C15H26N2O3S. The standard InChI is InChI=1S/C15H26N2O3S/c1-3-13-5-6-15(20-13)14-11-12(2)7-9-17(14)8-4-10-21(16,18)19/h5-6,12,14H,3-4,7-11H2,1-2H3,(H2,16,18,19)/t12-,14+/m1/s1. The monoisotopic (exact) mass is 314 g/mol. The molecule has 0 saturated carbocycles. The van der Waals surface area contributed by atoms with Crippen LogP contribution in [0.25, 0.3) is 0 Å². The molecule has 1 aromatic rings. The molecule has 5 nitrogen and oxygen atoms in total. The molecular weight excluding hydrogens is 288 g/mol. The lowest BCUT2D eigenvalue weighted by Crippen LogP contribution is -2.37. The maximum Gasteiger partial charge on any atom is 0.209 e. The summed E-state index contributed by atoms with van der Waals surface area (Å²) in [6.45, 7) is 6.07. The fourth-order valence-electron chi connectivity index (χ4n) is 2.99. The highest BCUT2D eigenvalue weighted by Gasteiger charge is 2.29. The predicted octanol–water partition coefficient (Wildman–Crippen LogP) is 2.29. The zero-order valence-electron chi connectivity index (χ0n) is 12.9. The lowest BCUT2D eigenvalue weighted by Gasteiger charge is -2.37. The zero-order chi connectivity index (χ0) is 15.5. The first kappa shape index (κ1) is 16.5. The van der Waals surface area contributed by atoms with Crippen molar-refractivity contribution in [3.8, 4) is 0 Å². The van der Waals surface area contributed by atoms with Crippen LogP contribution in [0.5, 0.6) is 0 Å². The van der Waals surface area contributed by atoms with E-state index < -0.39 is 10.0 Å². The van der Waals surface area contributed by atoms with E-state index in [0.29, 0.717) is 12.3 Å². The van der Waals surface area contributed by atoms with Gasteiger partial charge in [0.05, 0.1) is 11.8 Å². The maximum atomic E-state index is 11.1. The first-order valence-electron chi connectivity index (χ1n) is 7.72.